The van der Waals surface area contributed by atoms with E-state index in [0.717, 1.165) is 57.2 Å². The maximum atomic E-state index is 11.4. The Morgan fingerprint density at radius 2 is 2.09 bits per heavy atom. The van der Waals surface area contributed by atoms with Crippen molar-refractivity contribution in [1.82, 2.24) is 20.4 Å². The van der Waals surface area contributed by atoms with Gasteiger partial charge in [-0.25, -0.2) is 0 Å². The van der Waals surface area contributed by atoms with Crippen LogP contribution in [0.3, 0.4) is 0 Å². The fourth-order valence-electron chi connectivity index (χ4n) is 3.27. The number of carbonyl (C=O) groups is 1. The highest BCUT2D eigenvalue weighted by Gasteiger charge is 2.20. The molecule has 1 aromatic heterocycles. The first-order valence-electron chi connectivity index (χ1n) is 8.26. The Morgan fingerprint density at radius 3 is 2.68 bits per heavy atom. The monoisotopic (exact) mass is 303 g/mol. The molecule has 1 N–H and O–H groups in total. The number of nitrogens with zero attached hydrogens (tertiary/aromatic N) is 4. The van der Waals surface area contributed by atoms with Gasteiger partial charge in [-0.05, 0) is 50.4 Å². The SMILES string of the molecule is CC(=O)N1CCN(c2ccc(C[C@@H]3CCCNC3)nn2)CC1. The maximum absolute atomic E-state index is 11.4. The average molecular weight is 303 g/mol. The van der Waals surface area contributed by atoms with Crippen LogP contribution in [0.1, 0.15) is 25.5 Å². The lowest BCUT2D eigenvalue weighted by Gasteiger charge is -2.34. The first-order chi connectivity index (χ1) is 10.7. The second-order valence-electron chi connectivity index (χ2n) is 6.29. The van der Waals surface area contributed by atoms with Crippen LogP contribution in [0.4, 0.5) is 5.82 Å². The predicted molar refractivity (Wildman–Crippen MR) is 85.8 cm³/mol. The van der Waals surface area contributed by atoms with Gasteiger partial charge < -0.3 is 15.1 Å². The smallest absolute Gasteiger partial charge is 0.219 e. The topological polar surface area (TPSA) is 61.4 Å². The molecule has 0 saturated carbocycles. The van der Waals surface area contributed by atoms with Gasteiger partial charge in [0, 0.05) is 33.1 Å². The third kappa shape index (κ3) is 3.74. The molecule has 6 heteroatoms. The van der Waals surface area contributed by atoms with Gasteiger partial charge in [0.2, 0.25) is 5.91 Å². The number of rotatable bonds is 3. The van der Waals surface area contributed by atoms with Crippen molar-refractivity contribution >= 4 is 11.7 Å². The summed E-state index contributed by atoms with van der Waals surface area (Å²) >= 11 is 0. The van der Waals surface area contributed by atoms with Crippen LogP contribution in [0.2, 0.25) is 0 Å². The molecule has 0 bridgehead atoms. The Morgan fingerprint density at radius 1 is 1.27 bits per heavy atom. The third-order valence-electron chi connectivity index (χ3n) is 4.65. The second-order valence-corrected chi connectivity index (χ2v) is 6.29. The van der Waals surface area contributed by atoms with Crippen LogP contribution in [0.5, 0.6) is 0 Å². The molecule has 0 radical (unpaired) electrons. The van der Waals surface area contributed by atoms with E-state index in [-0.39, 0.29) is 5.91 Å². The molecule has 0 unspecified atom stereocenters. The molecular formula is C16H25N5O. The molecule has 1 amide bonds. The summed E-state index contributed by atoms with van der Waals surface area (Å²) < 4.78 is 0. The highest BCUT2D eigenvalue weighted by atomic mass is 16.2. The molecule has 3 heterocycles. The summed E-state index contributed by atoms with van der Waals surface area (Å²) in [5.41, 5.74) is 1.08. The van der Waals surface area contributed by atoms with Gasteiger partial charge in [-0.3, -0.25) is 4.79 Å². The van der Waals surface area contributed by atoms with Gasteiger partial charge in [0.15, 0.2) is 5.82 Å². The third-order valence-corrected chi connectivity index (χ3v) is 4.65. The fraction of sp³-hybridized carbons (Fsp3) is 0.688. The summed E-state index contributed by atoms with van der Waals surface area (Å²) in [5.74, 6) is 1.77. The zero-order valence-corrected chi connectivity index (χ0v) is 13.3. The molecule has 0 spiro atoms. The van der Waals surface area contributed by atoms with Gasteiger partial charge in [-0.2, -0.15) is 5.10 Å². The number of nitrogens with one attached hydrogen (secondary N) is 1. The van der Waals surface area contributed by atoms with Crippen molar-refractivity contribution in [3.8, 4) is 0 Å². The van der Waals surface area contributed by atoms with Crippen molar-refractivity contribution in [2.45, 2.75) is 26.2 Å². The summed E-state index contributed by atoms with van der Waals surface area (Å²) in [5, 5.41) is 12.2. The zero-order valence-electron chi connectivity index (χ0n) is 13.3. The van der Waals surface area contributed by atoms with Crippen molar-refractivity contribution in [3.63, 3.8) is 0 Å². The van der Waals surface area contributed by atoms with Crippen molar-refractivity contribution in [2.24, 2.45) is 5.92 Å². The number of carbonyl (C=O) groups excluding carboxylic acids is 1. The largest absolute Gasteiger partial charge is 0.352 e. The number of piperidine rings is 1. The van der Waals surface area contributed by atoms with Gasteiger partial charge >= 0.3 is 0 Å². The number of hydrogen-bond acceptors (Lipinski definition) is 5. The summed E-state index contributed by atoms with van der Waals surface area (Å²) in [7, 11) is 0. The highest BCUT2D eigenvalue weighted by molar-refractivity contribution is 5.73. The standard InChI is InChI=1S/C16H25N5O/c1-13(22)20-7-9-21(10-8-20)16-5-4-15(18-19-16)11-14-3-2-6-17-12-14/h4-5,14,17H,2-3,6-12H2,1H3/t14-/m0/s1. The molecule has 1 atom stereocenters. The van der Waals surface area contributed by atoms with Gasteiger partial charge in [-0.1, -0.05) is 0 Å². The Labute approximate surface area is 131 Å². The number of aromatic nitrogens is 2. The molecule has 6 nitrogen and oxygen atoms in total. The van der Waals surface area contributed by atoms with Crippen LogP contribution in [0, 0.1) is 5.92 Å². The summed E-state index contributed by atoms with van der Waals surface area (Å²) in [6, 6.07) is 4.18. The number of anilines is 1. The molecule has 0 aliphatic carbocycles. The number of hydrogen-bond donors (Lipinski definition) is 1. The van der Waals surface area contributed by atoms with E-state index in [1.807, 2.05) is 4.90 Å². The number of amides is 1. The molecule has 3 rings (SSSR count). The van der Waals surface area contributed by atoms with E-state index in [1.165, 1.54) is 12.8 Å². The molecule has 2 aliphatic heterocycles. The Balaban J connectivity index is 1.54. The van der Waals surface area contributed by atoms with E-state index in [9.17, 15) is 4.79 Å². The van der Waals surface area contributed by atoms with Crippen LogP contribution in [0.25, 0.3) is 0 Å². The van der Waals surface area contributed by atoms with Crippen LogP contribution >= 0.6 is 0 Å². The Bertz CT molecular complexity index is 490. The molecule has 22 heavy (non-hydrogen) atoms. The van der Waals surface area contributed by atoms with E-state index in [0.29, 0.717) is 5.92 Å². The van der Waals surface area contributed by atoms with Gasteiger partial charge in [0.25, 0.3) is 0 Å². The molecule has 1 aromatic rings. The molecule has 2 aliphatic rings. The van der Waals surface area contributed by atoms with Crippen LogP contribution in [0.15, 0.2) is 12.1 Å². The lowest BCUT2D eigenvalue weighted by molar-refractivity contribution is -0.129. The van der Waals surface area contributed by atoms with E-state index in [1.54, 1.807) is 6.92 Å². The number of piperazine rings is 1. The molecular weight excluding hydrogens is 278 g/mol. The minimum absolute atomic E-state index is 0.155. The van der Waals surface area contributed by atoms with Crippen molar-refractivity contribution in [3.05, 3.63) is 17.8 Å². The Kier molecular flexibility index (Phi) is 4.87. The second kappa shape index (κ2) is 7.05. The normalized spacial score (nSPS) is 22.7. The molecule has 0 aromatic carbocycles. The first kappa shape index (κ1) is 15.2. The van der Waals surface area contributed by atoms with Crippen molar-refractivity contribution in [2.75, 3.05) is 44.2 Å². The van der Waals surface area contributed by atoms with Gasteiger partial charge in [-0.15, -0.1) is 5.10 Å². The Hall–Kier alpha value is -1.69. The van der Waals surface area contributed by atoms with Crippen LogP contribution in [-0.4, -0.2) is 60.3 Å². The fourth-order valence-corrected chi connectivity index (χ4v) is 3.27. The van der Waals surface area contributed by atoms with E-state index < -0.39 is 0 Å². The summed E-state index contributed by atoms with van der Waals surface area (Å²) in [4.78, 5) is 15.4. The van der Waals surface area contributed by atoms with E-state index >= 15 is 0 Å². The van der Waals surface area contributed by atoms with Crippen molar-refractivity contribution < 1.29 is 4.79 Å². The maximum Gasteiger partial charge on any atom is 0.219 e. The predicted octanol–water partition coefficient (Wildman–Crippen LogP) is 0.687. The van der Waals surface area contributed by atoms with Crippen LogP contribution in [-0.2, 0) is 11.2 Å². The first-order valence-corrected chi connectivity index (χ1v) is 8.26. The van der Waals surface area contributed by atoms with E-state index in [4.69, 9.17) is 0 Å². The minimum atomic E-state index is 0.155. The molecule has 2 saturated heterocycles. The van der Waals surface area contributed by atoms with Crippen molar-refractivity contribution in [1.29, 1.82) is 0 Å². The van der Waals surface area contributed by atoms with Gasteiger partial charge in [0.05, 0.1) is 5.69 Å². The van der Waals surface area contributed by atoms with Crippen LogP contribution < -0.4 is 10.2 Å². The lowest BCUT2D eigenvalue weighted by Crippen LogP contribution is -2.48. The minimum Gasteiger partial charge on any atom is -0.352 e. The summed E-state index contributed by atoms with van der Waals surface area (Å²) in [6.07, 6.45) is 3.55. The summed E-state index contributed by atoms with van der Waals surface area (Å²) in [6.45, 7) is 7.08. The molecule has 2 fully saturated rings. The highest BCUT2D eigenvalue weighted by Crippen LogP contribution is 2.17. The average Bonchev–Trinajstić information content (AvgIpc) is 2.57. The lowest BCUT2D eigenvalue weighted by atomic mass is 9.95. The van der Waals surface area contributed by atoms with E-state index in [2.05, 4.69) is 32.5 Å². The van der Waals surface area contributed by atoms with Gasteiger partial charge in [0.1, 0.15) is 0 Å². The molecule has 120 valence electrons. The zero-order chi connectivity index (χ0) is 15.4. The quantitative estimate of drug-likeness (QED) is 0.890.